The largest absolute Gasteiger partial charge is 0.474 e. The van der Waals surface area contributed by atoms with E-state index in [-0.39, 0.29) is 40.5 Å². The quantitative estimate of drug-likeness (QED) is 0.387. The molecule has 40 heavy (non-hydrogen) atoms. The maximum atomic E-state index is 14.9. The third kappa shape index (κ3) is 3.95. The third-order valence-corrected chi connectivity index (χ3v) is 7.54. The molecule has 1 fully saturated rings. The highest BCUT2D eigenvalue weighted by Gasteiger charge is 2.41. The van der Waals surface area contributed by atoms with Crippen LogP contribution in [0.1, 0.15) is 46.8 Å². The molecule has 2 aliphatic heterocycles. The molecule has 1 aromatic heterocycles. The van der Waals surface area contributed by atoms with Crippen LogP contribution < -0.4 is 15.4 Å². The van der Waals surface area contributed by atoms with Gasteiger partial charge in [0.05, 0.1) is 17.4 Å². The molecule has 1 saturated carbocycles. The number of ether oxygens (including phenoxy) is 1. The molecule has 3 aliphatic rings. The second-order valence-corrected chi connectivity index (χ2v) is 10.0. The van der Waals surface area contributed by atoms with Crippen molar-refractivity contribution in [1.82, 2.24) is 15.1 Å². The van der Waals surface area contributed by atoms with Crippen LogP contribution in [0.25, 0.3) is 11.3 Å². The first-order chi connectivity index (χ1) is 19.5. The van der Waals surface area contributed by atoms with Gasteiger partial charge in [-0.25, -0.2) is 18.5 Å². The number of hydrogen-bond donors (Lipinski definition) is 2. The molecule has 0 spiro atoms. The van der Waals surface area contributed by atoms with Crippen molar-refractivity contribution in [2.75, 3.05) is 5.32 Å². The van der Waals surface area contributed by atoms with Crippen LogP contribution in [0.3, 0.4) is 0 Å². The Morgan fingerprint density at radius 1 is 0.950 bits per heavy atom. The van der Waals surface area contributed by atoms with Gasteiger partial charge in [0.25, 0.3) is 11.8 Å². The van der Waals surface area contributed by atoms with Gasteiger partial charge in [0.15, 0.2) is 0 Å². The Morgan fingerprint density at radius 3 is 2.52 bits per heavy atom. The number of aliphatic imine (C=N–C) groups is 1. The molecule has 7 rings (SSSR count). The molecule has 10 heteroatoms. The molecule has 2 bridgehead atoms. The van der Waals surface area contributed by atoms with Gasteiger partial charge in [-0.05, 0) is 31.0 Å². The maximum absolute atomic E-state index is 14.9. The Kier molecular flexibility index (Phi) is 5.69. The average Bonchev–Trinajstić information content (AvgIpc) is 3.51. The molecule has 8 nitrogen and oxygen atoms in total. The molecule has 3 heterocycles. The summed E-state index contributed by atoms with van der Waals surface area (Å²) in [5.74, 6) is -2.36. The minimum atomic E-state index is -1.42. The summed E-state index contributed by atoms with van der Waals surface area (Å²) in [6.07, 6.45) is 0.918. The van der Waals surface area contributed by atoms with Crippen molar-refractivity contribution in [1.29, 1.82) is 0 Å². The molecule has 2 amide bonds. The first-order valence-electron chi connectivity index (χ1n) is 13.1. The van der Waals surface area contributed by atoms with E-state index in [1.807, 2.05) is 6.07 Å². The lowest BCUT2D eigenvalue weighted by atomic mass is 10.0. The molecule has 200 valence electrons. The van der Waals surface area contributed by atoms with Crippen molar-refractivity contribution in [3.63, 3.8) is 0 Å². The number of nitrogens with one attached hydrogen (secondary N) is 2. The fraction of sp³-hybridized carbons (Fsp3) is 0.200. The van der Waals surface area contributed by atoms with E-state index in [1.165, 1.54) is 18.2 Å². The number of benzodiazepines with no additional fused rings is 1. The second-order valence-electron chi connectivity index (χ2n) is 10.0. The topological polar surface area (TPSA) is 97.6 Å². The van der Waals surface area contributed by atoms with Crippen molar-refractivity contribution in [2.24, 2.45) is 4.99 Å². The number of nitrogens with zero attached hydrogens (tertiary/aromatic N) is 3. The highest BCUT2D eigenvalue weighted by atomic mass is 19.1. The first-order valence-corrected chi connectivity index (χ1v) is 13.1. The van der Waals surface area contributed by atoms with Gasteiger partial charge in [-0.2, -0.15) is 5.10 Å². The number of carbonyl (C=O) groups excluding carboxylic acids is 2. The van der Waals surface area contributed by atoms with E-state index >= 15 is 0 Å². The number of para-hydroxylation sites is 1. The van der Waals surface area contributed by atoms with Crippen molar-refractivity contribution in [2.45, 2.75) is 37.6 Å². The number of amides is 2. The molecule has 0 radical (unpaired) electrons. The Balaban J connectivity index is 1.33. The molecule has 0 unspecified atom stereocenters. The maximum Gasteiger partial charge on any atom is 0.269 e. The van der Waals surface area contributed by atoms with Gasteiger partial charge >= 0.3 is 0 Å². The molecule has 4 aromatic rings. The van der Waals surface area contributed by atoms with Crippen LogP contribution in [0, 0.1) is 11.6 Å². The van der Waals surface area contributed by atoms with Gasteiger partial charge < -0.3 is 15.4 Å². The molecule has 3 atom stereocenters. The number of hydrogen-bond acceptors (Lipinski definition) is 5. The lowest BCUT2D eigenvalue weighted by Gasteiger charge is -2.23. The van der Waals surface area contributed by atoms with E-state index in [2.05, 4.69) is 20.7 Å². The third-order valence-electron chi connectivity index (χ3n) is 7.54. The Morgan fingerprint density at radius 2 is 1.70 bits per heavy atom. The number of benzene rings is 3. The second kappa shape index (κ2) is 9.41. The lowest BCUT2D eigenvalue weighted by molar-refractivity contribution is -0.117. The van der Waals surface area contributed by atoms with Gasteiger partial charge in [0.2, 0.25) is 12.0 Å². The van der Waals surface area contributed by atoms with E-state index in [4.69, 9.17) is 4.74 Å². The highest BCUT2D eigenvalue weighted by molar-refractivity contribution is 6.20. The number of fused-ring (bicyclic) bond motifs is 5. The summed E-state index contributed by atoms with van der Waals surface area (Å²) in [4.78, 5) is 31.8. The van der Waals surface area contributed by atoms with Gasteiger partial charge in [-0.3, -0.25) is 9.59 Å². The van der Waals surface area contributed by atoms with Gasteiger partial charge in [-0.15, -0.1) is 0 Å². The van der Waals surface area contributed by atoms with Gasteiger partial charge in [0, 0.05) is 23.1 Å². The summed E-state index contributed by atoms with van der Waals surface area (Å²) >= 11 is 0. The van der Waals surface area contributed by atoms with Gasteiger partial charge in [-0.1, -0.05) is 54.6 Å². The van der Waals surface area contributed by atoms with E-state index in [0.29, 0.717) is 16.8 Å². The predicted octanol–water partition coefficient (Wildman–Crippen LogP) is 4.86. The molecule has 0 saturated heterocycles. The Labute approximate surface area is 227 Å². The fourth-order valence-corrected chi connectivity index (χ4v) is 5.65. The van der Waals surface area contributed by atoms with Crippen molar-refractivity contribution >= 4 is 23.2 Å². The molecule has 1 aliphatic carbocycles. The number of rotatable bonds is 4. The van der Waals surface area contributed by atoms with Crippen LogP contribution >= 0.6 is 0 Å². The van der Waals surface area contributed by atoms with Crippen LogP contribution in [0.5, 0.6) is 5.88 Å². The predicted molar refractivity (Wildman–Crippen MR) is 143 cm³/mol. The molecule has 3 aromatic carbocycles. The number of anilines is 1. The van der Waals surface area contributed by atoms with Crippen LogP contribution in [-0.2, 0) is 4.79 Å². The zero-order chi connectivity index (χ0) is 27.4. The van der Waals surface area contributed by atoms with Crippen molar-refractivity contribution < 1.29 is 23.1 Å². The summed E-state index contributed by atoms with van der Waals surface area (Å²) in [6.45, 7) is 0. The standard InChI is InChI=1S/C30H23F2N5O3/c31-21-11-5-4-9-19(21)26-23(30-37(36-26)17-13-14-18(15-17)40-30)28(38)35-27-29(39)34-25-20(10-6-12-22(25)32)24(33-27)16-7-2-1-3-8-16/h1-12,17-18,27H,13-15H2,(H,34,39)(H,35,38)/t17-,18+,27-/m1/s1. The highest BCUT2D eigenvalue weighted by Crippen LogP contribution is 2.44. The average molecular weight is 540 g/mol. The van der Waals surface area contributed by atoms with E-state index in [1.54, 1.807) is 53.2 Å². The lowest BCUT2D eigenvalue weighted by Crippen LogP contribution is -2.42. The van der Waals surface area contributed by atoms with E-state index in [0.717, 1.165) is 19.3 Å². The smallest absolute Gasteiger partial charge is 0.269 e. The number of halogens is 2. The Bertz CT molecular complexity index is 1700. The van der Waals surface area contributed by atoms with Crippen LogP contribution in [0.2, 0.25) is 0 Å². The van der Waals surface area contributed by atoms with Crippen molar-refractivity contribution in [3.8, 4) is 17.1 Å². The summed E-state index contributed by atoms with van der Waals surface area (Å²) in [5.41, 5.74) is 1.61. The van der Waals surface area contributed by atoms with E-state index < -0.39 is 29.6 Å². The first kappa shape index (κ1) is 24.2. The van der Waals surface area contributed by atoms with E-state index in [9.17, 15) is 18.4 Å². The summed E-state index contributed by atoms with van der Waals surface area (Å²) in [6, 6.07) is 19.5. The SMILES string of the molecule is O=C(N[C@H]1N=C(c2ccccc2)c2cccc(F)c2NC1=O)c1c(-c2ccccc2F)nn2c1O[C@H]1CC[C@@H]2C1. The normalized spacial score (nSPS) is 20.9. The summed E-state index contributed by atoms with van der Waals surface area (Å²) in [5, 5.41) is 9.88. The minimum absolute atomic E-state index is 0.0262. The minimum Gasteiger partial charge on any atom is -0.474 e. The summed E-state index contributed by atoms with van der Waals surface area (Å²) in [7, 11) is 0. The van der Waals surface area contributed by atoms with Crippen molar-refractivity contribution in [3.05, 3.63) is 101 Å². The van der Waals surface area contributed by atoms with Crippen LogP contribution in [0.15, 0.2) is 77.8 Å². The molecular weight excluding hydrogens is 516 g/mol. The zero-order valence-electron chi connectivity index (χ0n) is 21.1. The zero-order valence-corrected chi connectivity index (χ0v) is 21.1. The molecular formula is C30H23F2N5O3. The molecule has 2 N–H and O–H groups in total. The van der Waals surface area contributed by atoms with Crippen LogP contribution in [-0.4, -0.2) is 39.6 Å². The fourth-order valence-electron chi connectivity index (χ4n) is 5.65. The summed E-state index contributed by atoms with van der Waals surface area (Å²) < 4.78 is 37.6. The number of aromatic nitrogens is 2. The van der Waals surface area contributed by atoms with Gasteiger partial charge in [0.1, 0.15) is 29.0 Å². The Hall–Kier alpha value is -4.86. The monoisotopic (exact) mass is 539 g/mol. The number of carbonyl (C=O) groups is 2. The van der Waals surface area contributed by atoms with Crippen LogP contribution in [0.4, 0.5) is 14.5 Å².